The lowest BCUT2D eigenvalue weighted by atomic mass is 10.1. The smallest absolute Gasteiger partial charge is 0.155 e. The van der Waals surface area contributed by atoms with Crippen molar-refractivity contribution in [2.75, 3.05) is 0 Å². The number of carbonyl (C=O) groups excluding carboxylic acids is 1. The predicted molar refractivity (Wildman–Crippen MR) is 72.8 cm³/mol. The largest absolute Gasteiger partial charge is 0.457 e. The van der Waals surface area contributed by atoms with Gasteiger partial charge in [-0.25, -0.2) is 0 Å². The van der Waals surface area contributed by atoms with Crippen LogP contribution >= 0.6 is 11.6 Å². The minimum Gasteiger partial charge on any atom is -0.457 e. The van der Waals surface area contributed by atoms with Crippen molar-refractivity contribution in [2.45, 2.75) is 13.8 Å². The van der Waals surface area contributed by atoms with Crippen molar-refractivity contribution in [1.29, 1.82) is 0 Å². The normalized spacial score (nSPS) is 10.2. The molecule has 2 rings (SSSR count). The number of ether oxygens (including phenoxy) is 1. The van der Waals surface area contributed by atoms with Crippen LogP contribution < -0.4 is 4.74 Å². The zero-order chi connectivity index (χ0) is 13.1. The second-order valence-corrected chi connectivity index (χ2v) is 4.52. The molecule has 0 saturated heterocycles. The SMILES string of the molecule is Cc1ccc(Oc2cccc(Cl)c2C=O)cc1C. The number of benzene rings is 2. The summed E-state index contributed by atoms with van der Waals surface area (Å²) in [5.74, 6) is 1.17. The second kappa shape index (κ2) is 5.23. The van der Waals surface area contributed by atoms with Gasteiger partial charge in [0.25, 0.3) is 0 Å². The highest BCUT2D eigenvalue weighted by atomic mass is 35.5. The van der Waals surface area contributed by atoms with Crippen molar-refractivity contribution < 1.29 is 9.53 Å². The average Bonchev–Trinajstić information content (AvgIpc) is 2.34. The molecule has 0 unspecified atom stereocenters. The molecule has 0 fully saturated rings. The van der Waals surface area contributed by atoms with Gasteiger partial charge in [0, 0.05) is 0 Å². The van der Waals surface area contributed by atoms with Gasteiger partial charge in [0.2, 0.25) is 0 Å². The maximum Gasteiger partial charge on any atom is 0.155 e. The number of hydrogen-bond donors (Lipinski definition) is 0. The van der Waals surface area contributed by atoms with Gasteiger partial charge in [0.05, 0.1) is 10.6 Å². The average molecular weight is 261 g/mol. The number of aldehydes is 1. The molecule has 18 heavy (non-hydrogen) atoms. The van der Waals surface area contributed by atoms with Crippen molar-refractivity contribution in [3.63, 3.8) is 0 Å². The Balaban J connectivity index is 2.36. The molecule has 2 nitrogen and oxygen atoms in total. The van der Waals surface area contributed by atoms with Crippen LogP contribution in [0.15, 0.2) is 36.4 Å². The molecule has 3 heteroatoms. The van der Waals surface area contributed by atoms with Crippen LogP contribution in [0.1, 0.15) is 21.5 Å². The van der Waals surface area contributed by atoms with Gasteiger partial charge >= 0.3 is 0 Å². The number of hydrogen-bond acceptors (Lipinski definition) is 2. The molecule has 2 aromatic carbocycles. The molecule has 92 valence electrons. The first-order chi connectivity index (χ1) is 8.61. The lowest BCUT2D eigenvalue weighted by Gasteiger charge is -2.10. The Hall–Kier alpha value is -1.80. The molecule has 0 amide bonds. The minimum atomic E-state index is 0.373. The molecule has 0 spiro atoms. The van der Waals surface area contributed by atoms with E-state index in [0.29, 0.717) is 28.4 Å². The van der Waals surface area contributed by atoms with Gasteiger partial charge in [0.1, 0.15) is 11.5 Å². The van der Waals surface area contributed by atoms with E-state index in [1.807, 2.05) is 32.0 Å². The number of aryl methyl sites for hydroxylation is 2. The minimum absolute atomic E-state index is 0.373. The summed E-state index contributed by atoms with van der Waals surface area (Å²) < 4.78 is 5.70. The lowest BCUT2D eigenvalue weighted by Crippen LogP contribution is -1.92. The first kappa shape index (κ1) is 12.7. The zero-order valence-corrected chi connectivity index (χ0v) is 11.0. The summed E-state index contributed by atoms with van der Waals surface area (Å²) in [5, 5.41) is 0.395. The maximum absolute atomic E-state index is 11.0. The highest BCUT2D eigenvalue weighted by Crippen LogP contribution is 2.29. The molecule has 0 aliphatic heterocycles. The number of carbonyl (C=O) groups is 1. The van der Waals surface area contributed by atoms with Gasteiger partial charge in [-0.1, -0.05) is 23.7 Å². The topological polar surface area (TPSA) is 26.3 Å². The summed E-state index contributed by atoms with van der Waals surface area (Å²) in [6.07, 6.45) is 0.707. The monoisotopic (exact) mass is 260 g/mol. The molecular formula is C15H13ClO2. The molecule has 0 aliphatic rings. The molecule has 2 aromatic rings. The lowest BCUT2D eigenvalue weighted by molar-refractivity contribution is 0.112. The van der Waals surface area contributed by atoms with Gasteiger partial charge in [0.15, 0.2) is 6.29 Å². The van der Waals surface area contributed by atoms with Crippen molar-refractivity contribution in [3.8, 4) is 11.5 Å². The van der Waals surface area contributed by atoms with E-state index in [-0.39, 0.29) is 0 Å². The van der Waals surface area contributed by atoms with Crippen LogP contribution in [-0.4, -0.2) is 6.29 Å². The van der Waals surface area contributed by atoms with E-state index in [9.17, 15) is 4.79 Å². The van der Waals surface area contributed by atoms with Crippen molar-refractivity contribution in [2.24, 2.45) is 0 Å². The van der Waals surface area contributed by atoms with Gasteiger partial charge in [-0.05, 0) is 49.2 Å². The molecule has 0 aromatic heterocycles. The molecule has 0 bridgehead atoms. The Kier molecular flexibility index (Phi) is 3.68. The fourth-order valence-electron chi connectivity index (χ4n) is 1.62. The second-order valence-electron chi connectivity index (χ2n) is 4.12. The Labute approximate surface area is 111 Å². The Morgan fingerprint density at radius 3 is 2.56 bits per heavy atom. The third-order valence-electron chi connectivity index (χ3n) is 2.84. The maximum atomic E-state index is 11.0. The van der Waals surface area contributed by atoms with Crippen molar-refractivity contribution in [1.82, 2.24) is 0 Å². The van der Waals surface area contributed by atoms with Crippen LogP contribution in [0.4, 0.5) is 0 Å². The highest BCUT2D eigenvalue weighted by molar-refractivity contribution is 6.33. The van der Waals surface area contributed by atoms with Crippen LogP contribution in [0.2, 0.25) is 5.02 Å². The zero-order valence-electron chi connectivity index (χ0n) is 10.2. The first-order valence-corrected chi connectivity index (χ1v) is 5.98. The fourth-order valence-corrected chi connectivity index (χ4v) is 1.84. The molecule has 0 N–H and O–H groups in total. The van der Waals surface area contributed by atoms with E-state index >= 15 is 0 Å². The van der Waals surface area contributed by atoms with Crippen molar-refractivity contribution >= 4 is 17.9 Å². The van der Waals surface area contributed by atoms with Gasteiger partial charge in [-0.3, -0.25) is 4.79 Å². The highest BCUT2D eigenvalue weighted by Gasteiger charge is 2.08. The summed E-state index contributed by atoms with van der Waals surface area (Å²) in [6.45, 7) is 4.05. The predicted octanol–water partition coefficient (Wildman–Crippen LogP) is 4.56. The fraction of sp³-hybridized carbons (Fsp3) is 0.133. The standard InChI is InChI=1S/C15H13ClO2/c1-10-6-7-12(8-11(10)2)18-15-5-3-4-14(16)13(15)9-17/h3-9H,1-2H3. The third kappa shape index (κ3) is 2.54. The molecule has 0 aliphatic carbocycles. The van der Waals surface area contributed by atoms with E-state index in [0.717, 1.165) is 5.56 Å². The van der Waals surface area contributed by atoms with E-state index < -0.39 is 0 Å². The Bertz CT molecular complexity index is 591. The third-order valence-corrected chi connectivity index (χ3v) is 3.17. The van der Waals surface area contributed by atoms with E-state index in [1.54, 1.807) is 18.2 Å². The Morgan fingerprint density at radius 2 is 1.89 bits per heavy atom. The molecular weight excluding hydrogens is 248 g/mol. The summed E-state index contributed by atoms with van der Waals surface area (Å²) in [6, 6.07) is 10.9. The van der Waals surface area contributed by atoms with Crippen LogP contribution in [0.25, 0.3) is 0 Å². The summed E-state index contributed by atoms with van der Waals surface area (Å²) >= 11 is 5.94. The molecule has 0 radical (unpaired) electrons. The number of halogens is 1. The number of rotatable bonds is 3. The van der Waals surface area contributed by atoms with E-state index in [2.05, 4.69) is 0 Å². The summed E-state index contributed by atoms with van der Waals surface area (Å²) in [7, 11) is 0. The van der Waals surface area contributed by atoms with Crippen LogP contribution in [-0.2, 0) is 0 Å². The summed E-state index contributed by atoms with van der Waals surface area (Å²) in [5.41, 5.74) is 2.71. The molecule has 0 heterocycles. The van der Waals surface area contributed by atoms with Crippen LogP contribution in [0.5, 0.6) is 11.5 Å². The van der Waals surface area contributed by atoms with E-state index in [4.69, 9.17) is 16.3 Å². The summed E-state index contributed by atoms with van der Waals surface area (Å²) in [4.78, 5) is 11.0. The molecule has 0 saturated carbocycles. The Morgan fingerprint density at radius 1 is 1.11 bits per heavy atom. The quantitative estimate of drug-likeness (QED) is 0.756. The molecule has 0 atom stereocenters. The van der Waals surface area contributed by atoms with Crippen LogP contribution in [0.3, 0.4) is 0 Å². The van der Waals surface area contributed by atoms with E-state index in [1.165, 1.54) is 5.56 Å². The van der Waals surface area contributed by atoms with Gasteiger partial charge in [-0.15, -0.1) is 0 Å². The van der Waals surface area contributed by atoms with Crippen LogP contribution in [0, 0.1) is 13.8 Å². The van der Waals surface area contributed by atoms with Crippen molar-refractivity contribution in [3.05, 3.63) is 58.1 Å². The first-order valence-electron chi connectivity index (χ1n) is 5.60. The van der Waals surface area contributed by atoms with Gasteiger partial charge < -0.3 is 4.74 Å². The van der Waals surface area contributed by atoms with Gasteiger partial charge in [-0.2, -0.15) is 0 Å².